The highest BCUT2D eigenvalue weighted by molar-refractivity contribution is 5.05. The molecular formula is C12H21N3O2. The molecule has 2 heterocycles. The lowest BCUT2D eigenvalue weighted by molar-refractivity contribution is 0.196. The van der Waals surface area contributed by atoms with Gasteiger partial charge in [0.25, 0.3) is 0 Å². The first kappa shape index (κ1) is 12.5. The number of hydrogen-bond donors (Lipinski definition) is 2. The van der Waals surface area contributed by atoms with E-state index in [1.807, 2.05) is 0 Å². The van der Waals surface area contributed by atoms with E-state index in [1.165, 1.54) is 12.8 Å². The van der Waals surface area contributed by atoms with E-state index in [9.17, 15) is 0 Å². The van der Waals surface area contributed by atoms with Crippen LogP contribution in [0.1, 0.15) is 38.4 Å². The Labute approximate surface area is 102 Å². The van der Waals surface area contributed by atoms with Crippen molar-refractivity contribution in [2.24, 2.45) is 5.92 Å². The maximum absolute atomic E-state index is 8.85. The van der Waals surface area contributed by atoms with Gasteiger partial charge in [0.1, 0.15) is 0 Å². The van der Waals surface area contributed by atoms with Crippen molar-refractivity contribution in [1.29, 1.82) is 0 Å². The van der Waals surface area contributed by atoms with Crippen LogP contribution in [0.5, 0.6) is 0 Å². The number of hydrogen-bond acceptors (Lipinski definition) is 5. The van der Waals surface area contributed by atoms with Gasteiger partial charge in [0, 0.05) is 11.8 Å². The predicted octanol–water partition coefficient (Wildman–Crippen LogP) is 0.882. The van der Waals surface area contributed by atoms with Crippen LogP contribution in [0, 0.1) is 5.92 Å². The quantitative estimate of drug-likeness (QED) is 0.816. The molecule has 1 aromatic heterocycles. The Morgan fingerprint density at radius 3 is 3.00 bits per heavy atom. The molecule has 5 heteroatoms. The summed E-state index contributed by atoms with van der Waals surface area (Å²) in [6, 6.07) is 0. The van der Waals surface area contributed by atoms with Gasteiger partial charge >= 0.3 is 0 Å². The third-order valence-corrected chi connectivity index (χ3v) is 3.67. The van der Waals surface area contributed by atoms with E-state index in [2.05, 4.69) is 29.3 Å². The third kappa shape index (κ3) is 2.66. The average molecular weight is 239 g/mol. The number of aliphatic hydroxyl groups excluding tert-OH is 1. The van der Waals surface area contributed by atoms with Crippen LogP contribution in [0.3, 0.4) is 0 Å². The first-order valence-corrected chi connectivity index (χ1v) is 6.29. The Morgan fingerprint density at radius 2 is 2.35 bits per heavy atom. The van der Waals surface area contributed by atoms with E-state index >= 15 is 0 Å². The smallest absolute Gasteiger partial charge is 0.232 e. The fourth-order valence-corrected chi connectivity index (χ4v) is 2.36. The molecule has 17 heavy (non-hydrogen) atoms. The summed E-state index contributed by atoms with van der Waals surface area (Å²) in [7, 11) is 0. The zero-order chi connectivity index (χ0) is 12.3. The summed E-state index contributed by atoms with van der Waals surface area (Å²) < 4.78 is 5.34. The Bertz CT molecular complexity index is 356. The molecular weight excluding hydrogens is 218 g/mol. The zero-order valence-electron chi connectivity index (χ0n) is 10.6. The third-order valence-electron chi connectivity index (χ3n) is 3.67. The second-order valence-corrected chi connectivity index (χ2v) is 5.25. The van der Waals surface area contributed by atoms with Crippen molar-refractivity contribution < 1.29 is 9.63 Å². The first-order valence-electron chi connectivity index (χ1n) is 6.29. The number of rotatable bonds is 4. The minimum Gasteiger partial charge on any atom is -0.396 e. The number of aliphatic hydroxyl groups is 1. The molecule has 0 saturated carbocycles. The van der Waals surface area contributed by atoms with Crippen molar-refractivity contribution in [1.82, 2.24) is 15.5 Å². The molecule has 96 valence electrons. The molecule has 0 spiro atoms. The van der Waals surface area contributed by atoms with Crippen molar-refractivity contribution >= 4 is 0 Å². The van der Waals surface area contributed by atoms with Crippen LogP contribution in [0.4, 0.5) is 0 Å². The van der Waals surface area contributed by atoms with Crippen LogP contribution >= 0.6 is 0 Å². The summed E-state index contributed by atoms with van der Waals surface area (Å²) in [5, 5.41) is 16.2. The van der Waals surface area contributed by atoms with E-state index in [4.69, 9.17) is 9.63 Å². The zero-order valence-corrected chi connectivity index (χ0v) is 10.6. The minimum absolute atomic E-state index is 0.0599. The van der Waals surface area contributed by atoms with E-state index in [-0.39, 0.29) is 12.0 Å². The predicted molar refractivity (Wildman–Crippen MR) is 63.7 cm³/mol. The fourth-order valence-electron chi connectivity index (χ4n) is 2.36. The molecule has 1 aliphatic rings. The van der Waals surface area contributed by atoms with Crippen molar-refractivity contribution in [2.45, 2.75) is 38.5 Å². The van der Waals surface area contributed by atoms with Crippen molar-refractivity contribution in [3.05, 3.63) is 11.7 Å². The van der Waals surface area contributed by atoms with Gasteiger partial charge in [-0.15, -0.1) is 0 Å². The van der Waals surface area contributed by atoms with E-state index in [0.717, 1.165) is 13.1 Å². The highest BCUT2D eigenvalue weighted by Gasteiger charge is 2.37. The molecule has 0 aliphatic carbocycles. The van der Waals surface area contributed by atoms with E-state index in [1.54, 1.807) is 0 Å². The molecule has 1 aromatic rings. The number of nitrogens with one attached hydrogen (secondary N) is 1. The molecule has 1 saturated heterocycles. The van der Waals surface area contributed by atoms with Gasteiger partial charge in [-0.3, -0.25) is 0 Å². The molecule has 0 aromatic carbocycles. The monoisotopic (exact) mass is 239 g/mol. The van der Waals surface area contributed by atoms with Gasteiger partial charge in [-0.2, -0.15) is 4.98 Å². The molecule has 0 amide bonds. The van der Waals surface area contributed by atoms with E-state index < -0.39 is 0 Å². The van der Waals surface area contributed by atoms with Crippen LogP contribution in [0.25, 0.3) is 0 Å². The van der Waals surface area contributed by atoms with Gasteiger partial charge in [0.15, 0.2) is 5.82 Å². The molecule has 0 radical (unpaired) electrons. The standard InChI is InChI=1S/C12H21N3O2/c1-12(2,9-4-3-6-13-8-9)11-14-10(5-7-16)15-17-11/h9,13,16H,3-8H2,1-2H3. The molecule has 1 aliphatic heterocycles. The van der Waals surface area contributed by atoms with Gasteiger partial charge < -0.3 is 14.9 Å². The first-order chi connectivity index (χ1) is 8.14. The molecule has 5 nitrogen and oxygen atoms in total. The lowest BCUT2D eigenvalue weighted by Crippen LogP contribution is -2.40. The van der Waals surface area contributed by atoms with Gasteiger partial charge in [-0.1, -0.05) is 19.0 Å². The maximum Gasteiger partial charge on any atom is 0.232 e. The fraction of sp³-hybridized carbons (Fsp3) is 0.833. The van der Waals surface area contributed by atoms with E-state index in [0.29, 0.717) is 24.1 Å². The Kier molecular flexibility index (Phi) is 3.79. The van der Waals surface area contributed by atoms with Crippen molar-refractivity contribution in [3.8, 4) is 0 Å². The Morgan fingerprint density at radius 1 is 1.53 bits per heavy atom. The Balaban J connectivity index is 2.11. The molecule has 0 bridgehead atoms. The van der Waals surface area contributed by atoms with Crippen LogP contribution in [-0.2, 0) is 11.8 Å². The largest absolute Gasteiger partial charge is 0.396 e. The lowest BCUT2D eigenvalue weighted by Gasteiger charge is -2.34. The van der Waals surface area contributed by atoms with Gasteiger partial charge in [0.2, 0.25) is 5.89 Å². The number of piperidine rings is 1. The van der Waals surface area contributed by atoms with Gasteiger partial charge in [0.05, 0.1) is 6.61 Å². The van der Waals surface area contributed by atoms with Gasteiger partial charge in [-0.25, -0.2) is 0 Å². The number of nitrogens with zero attached hydrogens (tertiary/aromatic N) is 2. The highest BCUT2D eigenvalue weighted by Crippen LogP contribution is 2.34. The SMILES string of the molecule is CC(C)(c1nc(CCO)no1)C1CCCNC1. The molecule has 1 fully saturated rings. The topological polar surface area (TPSA) is 71.2 Å². The maximum atomic E-state index is 8.85. The average Bonchev–Trinajstić information content (AvgIpc) is 2.80. The highest BCUT2D eigenvalue weighted by atomic mass is 16.5. The summed E-state index contributed by atoms with van der Waals surface area (Å²) in [5.74, 6) is 1.81. The summed E-state index contributed by atoms with van der Waals surface area (Å²) in [6.45, 7) is 6.48. The van der Waals surface area contributed by atoms with Gasteiger partial charge in [-0.05, 0) is 31.8 Å². The molecule has 1 atom stereocenters. The summed E-state index contributed by atoms with van der Waals surface area (Å²) >= 11 is 0. The van der Waals surface area contributed by atoms with Crippen LogP contribution in [-0.4, -0.2) is 34.9 Å². The summed E-state index contributed by atoms with van der Waals surface area (Å²) in [4.78, 5) is 4.38. The Hall–Kier alpha value is -0.940. The van der Waals surface area contributed by atoms with Crippen LogP contribution in [0.15, 0.2) is 4.52 Å². The second-order valence-electron chi connectivity index (χ2n) is 5.25. The van der Waals surface area contributed by atoms with Crippen LogP contribution in [0.2, 0.25) is 0 Å². The normalized spacial score (nSPS) is 21.7. The molecule has 2 N–H and O–H groups in total. The molecule has 1 unspecified atom stereocenters. The lowest BCUT2D eigenvalue weighted by atomic mass is 9.75. The number of aromatic nitrogens is 2. The van der Waals surface area contributed by atoms with Crippen molar-refractivity contribution in [3.63, 3.8) is 0 Å². The minimum atomic E-state index is -0.103. The van der Waals surface area contributed by atoms with Crippen LogP contribution < -0.4 is 5.32 Å². The summed E-state index contributed by atoms with van der Waals surface area (Å²) in [6.07, 6.45) is 2.85. The summed E-state index contributed by atoms with van der Waals surface area (Å²) in [5.41, 5.74) is -0.103. The second kappa shape index (κ2) is 5.14. The molecule has 2 rings (SSSR count). The van der Waals surface area contributed by atoms with Crippen molar-refractivity contribution in [2.75, 3.05) is 19.7 Å².